The molecule has 0 radical (unpaired) electrons. The van der Waals surface area contributed by atoms with Crippen molar-refractivity contribution >= 4 is 28.7 Å². The van der Waals surface area contributed by atoms with Gasteiger partial charge in [0.2, 0.25) is 5.91 Å². The van der Waals surface area contributed by atoms with Crippen LogP contribution in [0.2, 0.25) is 0 Å². The number of carbonyl (C=O) groups is 1. The van der Waals surface area contributed by atoms with Gasteiger partial charge < -0.3 is 4.57 Å². The van der Waals surface area contributed by atoms with E-state index in [0.29, 0.717) is 12.1 Å². The van der Waals surface area contributed by atoms with Crippen molar-refractivity contribution in [3.63, 3.8) is 0 Å². The second-order valence-electron chi connectivity index (χ2n) is 7.62. The monoisotopic (exact) mass is 444 g/mol. The molecular formula is C25H21FN4O3. The van der Waals surface area contributed by atoms with Gasteiger partial charge in [-0.1, -0.05) is 42.5 Å². The fraction of sp³-hybridized carbons (Fsp3) is 0.120. The Labute approximate surface area is 189 Å². The molecule has 8 heteroatoms. The summed E-state index contributed by atoms with van der Waals surface area (Å²) in [5, 5.41) is 16.0. The van der Waals surface area contributed by atoms with E-state index in [1.807, 2.05) is 31.2 Å². The van der Waals surface area contributed by atoms with E-state index in [2.05, 4.69) is 15.1 Å². The van der Waals surface area contributed by atoms with Crippen molar-refractivity contribution in [3.8, 4) is 0 Å². The molecule has 4 rings (SSSR count). The summed E-state index contributed by atoms with van der Waals surface area (Å²) in [5.74, 6) is -0.650. The molecule has 33 heavy (non-hydrogen) atoms. The second-order valence-corrected chi connectivity index (χ2v) is 7.62. The first kappa shape index (κ1) is 21.9. The van der Waals surface area contributed by atoms with Crippen LogP contribution in [0.4, 0.5) is 10.1 Å². The fourth-order valence-corrected chi connectivity index (χ4v) is 3.73. The number of carbonyl (C=O) groups excluding carboxylic acids is 1. The Bertz CT molecular complexity index is 1340. The van der Waals surface area contributed by atoms with Gasteiger partial charge in [0.15, 0.2) is 0 Å². The van der Waals surface area contributed by atoms with Gasteiger partial charge in [0.25, 0.3) is 5.69 Å². The van der Waals surface area contributed by atoms with Gasteiger partial charge in [0, 0.05) is 40.8 Å². The summed E-state index contributed by atoms with van der Waals surface area (Å²) < 4.78 is 15.1. The Morgan fingerprint density at radius 3 is 2.42 bits per heavy atom. The number of nitrogens with zero attached hydrogens (tertiary/aromatic N) is 3. The van der Waals surface area contributed by atoms with E-state index in [0.717, 1.165) is 27.7 Å². The molecule has 166 valence electrons. The average Bonchev–Trinajstić information content (AvgIpc) is 3.07. The number of aromatic nitrogens is 1. The lowest BCUT2D eigenvalue weighted by atomic mass is 10.1. The summed E-state index contributed by atoms with van der Waals surface area (Å²) in [5.41, 5.74) is 7.02. The smallest absolute Gasteiger partial charge is 0.269 e. The first-order valence-corrected chi connectivity index (χ1v) is 10.3. The first-order valence-electron chi connectivity index (χ1n) is 10.3. The van der Waals surface area contributed by atoms with Crippen molar-refractivity contribution in [1.82, 2.24) is 9.99 Å². The number of halogens is 1. The highest BCUT2D eigenvalue weighted by Crippen LogP contribution is 2.26. The number of hydrazone groups is 1. The number of non-ortho nitro benzene ring substituents is 1. The summed E-state index contributed by atoms with van der Waals surface area (Å²) in [6, 6.07) is 20.1. The van der Waals surface area contributed by atoms with Crippen LogP contribution in [0, 0.1) is 22.9 Å². The molecule has 1 aromatic heterocycles. The standard InChI is InChI=1S/C25H21FN4O3/c1-17-23(15-27-28-25(31)14-18-6-10-20(26)11-7-18)22-4-2-3-5-24(22)29(17)16-19-8-12-21(13-9-19)30(32)33/h2-13,15H,14,16H2,1H3,(H,28,31)/b27-15+. The molecule has 1 heterocycles. The van der Waals surface area contributed by atoms with Crippen LogP contribution in [-0.4, -0.2) is 21.6 Å². The van der Waals surface area contributed by atoms with Crippen molar-refractivity contribution in [2.75, 3.05) is 0 Å². The number of rotatable bonds is 7. The minimum absolute atomic E-state index is 0.0528. The highest BCUT2D eigenvalue weighted by Gasteiger charge is 2.13. The molecule has 0 atom stereocenters. The lowest BCUT2D eigenvalue weighted by molar-refractivity contribution is -0.384. The molecule has 0 spiro atoms. The number of benzene rings is 3. The zero-order valence-corrected chi connectivity index (χ0v) is 17.9. The van der Waals surface area contributed by atoms with Gasteiger partial charge in [-0.05, 0) is 36.2 Å². The topological polar surface area (TPSA) is 89.5 Å². The number of nitrogens with one attached hydrogen (secondary N) is 1. The molecule has 0 aliphatic rings. The van der Waals surface area contributed by atoms with E-state index in [-0.39, 0.29) is 23.8 Å². The summed E-state index contributed by atoms with van der Waals surface area (Å²) >= 11 is 0. The lowest BCUT2D eigenvalue weighted by Crippen LogP contribution is -2.19. The quantitative estimate of drug-likeness (QED) is 0.254. The molecule has 7 nitrogen and oxygen atoms in total. The maximum absolute atomic E-state index is 13.0. The van der Waals surface area contributed by atoms with Crippen molar-refractivity contribution < 1.29 is 14.1 Å². The Hall–Kier alpha value is -4.33. The third-order valence-electron chi connectivity index (χ3n) is 5.43. The molecule has 0 unspecified atom stereocenters. The number of amides is 1. The van der Waals surface area contributed by atoms with Gasteiger partial charge in [0.1, 0.15) is 5.82 Å². The minimum atomic E-state index is -0.418. The van der Waals surface area contributed by atoms with Crippen LogP contribution in [0.25, 0.3) is 10.9 Å². The normalized spacial score (nSPS) is 11.2. The van der Waals surface area contributed by atoms with Crippen LogP contribution in [0.5, 0.6) is 0 Å². The molecule has 0 bridgehead atoms. The van der Waals surface area contributed by atoms with Crippen molar-refractivity contribution in [2.24, 2.45) is 5.10 Å². The molecule has 0 saturated carbocycles. The SMILES string of the molecule is Cc1c(/C=N/NC(=O)Cc2ccc(F)cc2)c2ccccc2n1Cc1ccc([N+](=O)[O-])cc1. The summed E-state index contributed by atoms with van der Waals surface area (Å²) in [7, 11) is 0. The number of hydrogen-bond acceptors (Lipinski definition) is 4. The van der Waals surface area contributed by atoms with E-state index in [1.165, 1.54) is 24.3 Å². The predicted octanol–water partition coefficient (Wildman–Crippen LogP) is 4.74. The number of nitro benzene ring substituents is 1. The van der Waals surface area contributed by atoms with E-state index >= 15 is 0 Å². The summed E-state index contributed by atoms with van der Waals surface area (Å²) in [6.07, 6.45) is 1.71. The largest absolute Gasteiger partial charge is 0.340 e. The molecule has 1 N–H and O–H groups in total. The van der Waals surface area contributed by atoms with Crippen molar-refractivity contribution in [1.29, 1.82) is 0 Å². The average molecular weight is 444 g/mol. The Balaban J connectivity index is 1.54. The number of para-hydroxylation sites is 1. The Morgan fingerprint density at radius 2 is 1.73 bits per heavy atom. The van der Waals surface area contributed by atoms with Gasteiger partial charge in [0.05, 0.1) is 17.6 Å². The van der Waals surface area contributed by atoms with E-state index in [9.17, 15) is 19.3 Å². The molecule has 0 aliphatic heterocycles. The molecule has 0 aliphatic carbocycles. The van der Waals surface area contributed by atoms with E-state index < -0.39 is 4.92 Å². The zero-order chi connectivity index (χ0) is 23.4. The third kappa shape index (κ3) is 4.95. The summed E-state index contributed by atoms with van der Waals surface area (Å²) in [4.78, 5) is 22.7. The fourth-order valence-electron chi connectivity index (χ4n) is 3.73. The summed E-state index contributed by atoms with van der Waals surface area (Å²) in [6.45, 7) is 2.50. The van der Waals surface area contributed by atoms with Gasteiger partial charge in [-0.3, -0.25) is 14.9 Å². The maximum Gasteiger partial charge on any atom is 0.269 e. The van der Waals surface area contributed by atoms with Crippen LogP contribution >= 0.6 is 0 Å². The molecule has 0 saturated heterocycles. The number of nitro groups is 1. The lowest BCUT2D eigenvalue weighted by Gasteiger charge is -2.08. The highest BCUT2D eigenvalue weighted by molar-refractivity contribution is 6.01. The molecule has 0 fully saturated rings. The van der Waals surface area contributed by atoms with Crippen LogP contribution in [0.1, 0.15) is 22.4 Å². The van der Waals surface area contributed by atoms with Crippen LogP contribution < -0.4 is 5.43 Å². The minimum Gasteiger partial charge on any atom is -0.340 e. The van der Waals surface area contributed by atoms with Gasteiger partial charge in [-0.2, -0.15) is 5.10 Å². The predicted molar refractivity (Wildman–Crippen MR) is 125 cm³/mol. The third-order valence-corrected chi connectivity index (χ3v) is 5.43. The van der Waals surface area contributed by atoms with Crippen molar-refractivity contribution in [3.05, 3.63) is 111 Å². The maximum atomic E-state index is 13.0. The molecular weight excluding hydrogens is 423 g/mol. The van der Waals surface area contributed by atoms with Crippen LogP contribution in [0.15, 0.2) is 77.9 Å². The van der Waals surface area contributed by atoms with Crippen LogP contribution in [-0.2, 0) is 17.8 Å². The Morgan fingerprint density at radius 1 is 1.06 bits per heavy atom. The Kier molecular flexibility index (Phi) is 6.26. The molecule has 3 aromatic carbocycles. The second kappa shape index (κ2) is 9.44. The van der Waals surface area contributed by atoms with Gasteiger partial charge in [-0.25, -0.2) is 9.82 Å². The van der Waals surface area contributed by atoms with Gasteiger partial charge in [-0.15, -0.1) is 0 Å². The van der Waals surface area contributed by atoms with Gasteiger partial charge >= 0.3 is 0 Å². The highest BCUT2D eigenvalue weighted by atomic mass is 19.1. The zero-order valence-electron chi connectivity index (χ0n) is 17.9. The number of hydrogen-bond donors (Lipinski definition) is 1. The van der Waals surface area contributed by atoms with E-state index in [1.54, 1.807) is 30.5 Å². The first-order chi connectivity index (χ1) is 15.9. The van der Waals surface area contributed by atoms with E-state index in [4.69, 9.17) is 0 Å². The van der Waals surface area contributed by atoms with Crippen LogP contribution in [0.3, 0.4) is 0 Å². The molecule has 1 amide bonds. The number of fused-ring (bicyclic) bond motifs is 1. The van der Waals surface area contributed by atoms with Crippen molar-refractivity contribution in [2.45, 2.75) is 19.9 Å². The molecule has 4 aromatic rings.